The Morgan fingerprint density at radius 3 is 1.65 bits per heavy atom. The second-order valence-corrected chi connectivity index (χ2v) is 14.2. The van der Waals surface area contributed by atoms with Crippen molar-refractivity contribution in [1.29, 1.82) is 0 Å². The molecule has 0 aliphatic carbocycles. The fourth-order valence-electron chi connectivity index (χ4n) is 6.89. The second kappa shape index (κ2) is 13.0. The van der Waals surface area contributed by atoms with Gasteiger partial charge in [0.15, 0.2) is 0 Å². The van der Waals surface area contributed by atoms with E-state index in [1.165, 1.54) is 59.7 Å². The SMILES string of the molecule is COc1cccc(P(c2cccc(OC)c2)c2ccccc2/C=N/N2Cc3ccc4ccccc4c3-c3c(ccc4ccccc34)C2)c1. The summed E-state index contributed by atoms with van der Waals surface area (Å²) >= 11 is 0. The quantitative estimate of drug-likeness (QED) is 0.129. The van der Waals surface area contributed by atoms with Gasteiger partial charge in [0.25, 0.3) is 0 Å². The lowest BCUT2D eigenvalue weighted by Crippen LogP contribution is -2.24. The molecule has 7 aromatic carbocycles. The molecule has 1 heterocycles. The first-order valence-corrected chi connectivity index (χ1v) is 17.5. The summed E-state index contributed by atoms with van der Waals surface area (Å²) in [5.74, 6) is 1.69. The number of methoxy groups -OCH3 is 2. The van der Waals surface area contributed by atoms with E-state index in [0.29, 0.717) is 13.1 Å². The van der Waals surface area contributed by atoms with Crippen molar-refractivity contribution in [2.45, 2.75) is 13.1 Å². The van der Waals surface area contributed by atoms with Crippen LogP contribution in [0.1, 0.15) is 16.7 Å². The Morgan fingerprint density at radius 1 is 0.562 bits per heavy atom. The lowest BCUT2D eigenvalue weighted by molar-refractivity contribution is 0.276. The van der Waals surface area contributed by atoms with E-state index in [0.717, 1.165) is 17.1 Å². The van der Waals surface area contributed by atoms with Gasteiger partial charge in [0, 0.05) is 5.56 Å². The summed E-state index contributed by atoms with van der Waals surface area (Å²) in [6.07, 6.45) is 2.05. The Labute approximate surface area is 282 Å². The van der Waals surface area contributed by atoms with E-state index in [9.17, 15) is 0 Å². The summed E-state index contributed by atoms with van der Waals surface area (Å²) < 4.78 is 11.3. The molecule has 0 N–H and O–H groups in total. The Bertz CT molecular complexity index is 2180. The van der Waals surface area contributed by atoms with Crippen molar-refractivity contribution in [2.24, 2.45) is 5.10 Å². The van der Waals surface area contributed by atoms with Crippen LogP contribution >= 0.6 is 7.92 Å². The zero-order valence-corrected chi connectivity index (χ0v) is 27.9. The number of fused-ring (bicyclic) bond motifs is 7. The van der Waals surface area contributed by atoms with Gasteiger partial charge < -0.3 is 9.47 Å². The Kier molecular flexibility index (Phi) is 8.10. The molecule has 1 aliphatic rings. The summed E-state index contributed by atoms with van der Waals surface area (Å²) in [4.78, 5) is 0. The molecule has 7 aromatic rings. The number of ether oxygens (including phenoxy) is 2. The van der Waals surface area contributed by atoms with Crippen molar-refractivity contribution in [3.63, 3.8) is 0 Å². The summed E-state index contributed by atoms with van der Waals surface area (Å²) in [5, 5.41) is 16.2. The van der Waals surface area contributed by atoms with E-state index in [1.807, 2.05) is 12.1 Å². The standard InChI is InChI=1S/C43H35N2O2P/c1-46-35-14-9-16-37(25-35)48(38-17-10-15-36(26-38)47-2)41-20-8-5-13-32(41)27-44-45-28-33-23-21-30-11-3-6-18-39(30)42(33)43-34(29-45)24-22-31-12-4-7-19-40(31)43/h3-27H,28-29H2,1-2H3/b44-27+. The van der Waals surface area contributed by atoms with Gasteiger partial charge in [-0.05, 0) is 91.9 Å². The van der Waals surface area contributed by atoms with Crippen molar-refractivity contribution in [3.8, 4) is 22.6 Å². The van der Waals surface area contributed by atoms with Crippen molar-refractivity contribution < 1.29 is 9.47 Å². The first kappa shape index (κ1) is 29.9. The molecule has 5 heteroatoms. The smallest absolute Gasteiger partial charge is 0.119 e. The van der Waals surface area contributed by atoms with Crippen LogP contribution < -0.4 is 25.4 Å². The number of hydrogen-bond donors (Lipinski definition) is 0. The molecule has 0 amide bonds. The zero-order chi connectivity index (χ0) is 32.5. The van der Waals surface area contributed by atoms with Crippen LogP contribution in [0.3, 0.4) is 0 Å². The maximum atomic E-state index is 5.65. The lowest BCUT2D eigenvalue weighted by atomic mass is 9.88. The lowest BCUT2D eigenvalue weighted by Gasteiger charge is -2.23. The summed E-state index contributed by atoms with van der Waals surface area (Å²) in [5.41, 5.74) is 6.29. The molecule has 0 atom stereocenters. The molecule has 0 bridgehead atoms. The molecule has 0 fully saturated rings. The fourth-order valence-corrected chi connectivity index (χ4v) is 9.35. The molecule has 234 valence electrons. The molecule has 4 nitrogen and oxygen atoms in total. The van der Waals surface area contributed by atoms with Crippen LogP contribution in [0.15, 0.2) is 151 Å². The average molecular weight is 643 g/mol. The predicted molar refractivity (Wildman–Crippen MR) is 202 cm³/mol. The number of nitrogens with zero attached hydrogens (tertiary/aromatic N) is 2. The molecule has 1 aliphatic heterocycles. The van der Waals surface area contributed by atoms with Gasteiger partial charge in [-0.3, -0.25) is 5.01 Å². The molecule has 0 radical (unpaired) electrons. The monoisotopic (exact) mass is 642 g/mol. The summed E-state index contributed by atoms with van der Waals surface area (Å²) in [6, 6.07) is 52.0. The van der Waals surface area contributed by atoms with E-state index < -0.39 is 7.92 Å². The highest BCUT2D eigenvalue weighted by molar-refractivity contribution is 7.80. The number of hydrogen-bond acceptors (Lipinski definition) is 4. The predicted octanol–water partition coefficient (Wildman–Crippen LogP) is 8.79. The van der Waals surface area contributed by atoms with E-state index in [2.05, 4.69) is 145 Å². The molecule has 0 unspecified atom stereocenters. The fraction of sp³-hybridized carbons (Fsp3) is 0.0930. The second-order valence-electron chi connectivity index (χ2n) is 12.0. The van der Waals surface area contributed by atoms with Gasteiger partial charge in [0.2, 0.25) is 0 Å². The van der Waals surface area contributed by atoms with Crippen LogP contribution in [-0.4, -0.2) is 25.4 Å². The van der Waals surface area contributed by atoms with Crippen molar-refractivity contribution in [1.82, 2.24) is 5.01 Å². The number of rotatable bonds is 7. The van der Waals surface area contributed by atoms with Gasteiger partial charge in [0.05, 0.1) is 33.5 Å². The number of hydrazone groups is 1. The van der Waals surface area contributed by atoms with Gasteiger partial charge in [0.1, 0.15) is 11.5 Å². The summed E-state index contributed by atoms with van der Waals surface area (Å²) in [7, 11) is 2.50. The van der Waals surface area contributed by atoms with Crippen LogP contribution in [0.5, 0.6) is 11.5 Å². The minimum absolute atomic E-state index is 0.711. The van der Waals surface area contributed by atoms with E-state index in [4.69, 9.17) is 14.6 Å². The highest BCUT2D eigenvalue weighted by Crippen LogP contribution is 2.42. The minimum Gasteiger partial charge on any atom is -0.497 e. The minimum atomic E-state index is -0.939. The van der Waals surface area contributed by atoms with Gasteiger partial charge in [-0.2, -0.15) is 5.10 Å². The zero-order valence-electron chi connectivity index (χ0n) is 27.0. The van der Waals surface area contributed by atoms with Crippen molar-refractivity contribution >= 4 is 51.6 Å². The topological polar surface area (TPSA) is 34.1 Å². The molecular formula is C43H35N2O2P. The Hall–Kier alpha value is -5.44. The van der Waals surface area contributed by atoms with Crippen LogP contribution in [0, 0.1) is 0 Å². The highest BCUT2D eigenvalue weighted by Gasteiger charge is 2.24. The van der Waals surface area contributed by atoms with Crippen LogP contribution in [0.4, 0.5) is 0 Å². The van der Waals surface area contributed by atoms with Gasteiger partial charge in [-0.25, -0.2) is 0 Å². The first-order valence-electron chi connectivity index (χ1n) is 16.2. The maximum Gasteiger partial charge on any atom is 0.119 e. The third-order valence-corrected chi connectivity index (χ3v) is 11.6. The Balaban J connectivity index is 1.24. The largest absolute Gasteiger partial charge is 0.497 e. The van der Waals surface area contributed by atoms with Crippen LogP contribution in [-0.2, 0) is 13.1 Å². The van der Waals surface area contributed by atoms with Gasteiger partial charge >= 0.3 is 0 Å². The van der Waals surface area contributed by atoms with Crippen LogP contribution in [0.2, 0.25) is 0 Å². The molecule has 48 heavy (non-hydrogen) atoms. The van der Waals surface area contributed by atoms with Gasteiger partial charge in [-0.1, -0.05) is 121 Å². The van der Waals surface area contributed by atoms with E-state index >= 15 is 0 Å². The Morgan fingerprint density at radius 2 is 1.08 bits per heavy atom. The van der Waals surface area contributed by atoms with Crippen molar-refractivity contribution in [2.75, 3.05) is 14.2 Å². The number of benzene rings is 7. The van der Waals surface area contributed by atoms with E-state index in [-0.39, 0.29) is 0 Å². The van der Waals surface area contributed by atoms with Crippen LogP contribution in [0.25, 0.3) is 32.7 Å². The molecule has 0 saturated heterocycles. The first-order chi connectivity index (χ1) is 23.7. The third kappa shape index (κ3) is 5.59. The third-order valence-electron chi connectivity index (χ3n) is 9.15. The summed E-state index contributed by atoms with van der Waals surface area (Å²) in [6.45, 7) is 1.42. The average Bonchev–Trinajstić information content (AvgIpc) is 3.31. The molecule has 0 spiro atoms. The highest BCUT2D eigenvalue weighted by atomic mass is 31.1. The molecule has 0 aromatic heterocycles. The maximum absolute atomic E-state index is 5.65. The normalized spacial score (nSPS) is 12.7. The molecule has 8 rings (SSSR count). The molecule has 0 saturated carbocycles. The van der Waals surface area contributed by atoms with Crippen molar-refractivity contribution in [3.05, 3.63) is 162 Å². The van der Waals surface area contributed by atoms with Gasteiger partial charge in [-0.15, -0.1) is 0 Å². The molecular weight excluding hydrogens is 607 g/mol. The van der Waals surface area contributed by atoms with E-state index in [1.54, 1.807) is 14.2 Å².